The lowest BCUT2D eigenvalue weighted by atomic mass is 10.3. The summed E-state index contributed by atoms with van der Waals surface area (Å²) in [6, 6.07) is 7.33. The summed E-state index contributed by atoms with van der Waals surface area (Å²) in [5, 5.41) is 13.6. The number of rotatable bonds is 3. The molecule has 0 fully saturated rings. The van der Waals surface area contributed by atoms with Crippen molar-refractivity contribution in [1.29, 1.82) is 0 Å². The van der Waals surface area contributed by atoms with Gasteiger partial charge in [-0.25, -0.2) is 0 Å². The van der Waals surface area contributed by atoms with E-state index in [1.807, 2.05) is 12.1 Å². The lowest BCUT2D eigenvalue weighted by Crippen LogP contribution is -1.99. The van der Waals surface area contributed by atoms with Gasteiger partial charge in [0.05, 0.1) is 5.69 Å². The third-order valence-corrected chi connectivity index (χ3v) is 2.44. The Kier molecular flexibility index (Phi) is 3.33. The van der Waals surface area contributed by atoms with Crippen molar-refractivity contribution in [2.45, 2.75) is 6.42 Å². The molecule has 1 heterocycles. The Morgan fingerprint density at radius 2 is 2.27 bits per heavy atom. The number of benzene rings is 1. The molecule has 0 bridgehead atoms. The standard InChI is InChI=1S/C9H8BrClN4/c10-5-4-9-12-14-15(13-9)8-3-1-2-7(11)6-8/h1-3,6H,4-5H2. The maximum Gasteiger partial charge on any atom is 0.176 e. The van der Waals surface area contributed by atoms with E-state index in [1.165, 1.54) is 4.80 Å². The predicted octanol–water partition coefficient (Wildman–Crippen LogP) is 2.25. The van der Waals surface area contributed by atoms with E-state index in [-0.39, 0.29) is 0 Å². The molecular weight excluding hydrogens is 279 g/mol. The topological polar surface area (TPSA) is 43.6 Å². The van der Waals surface area contributed by atoms with Crippen molar-refractivity contribution in [3.05, 3.63) is 35.1 Å². The molecular formula is C9H8BrClN4. The molecule has 0 unspecified atom stereocenters. The largest absolute Gasteiger partial charge is 0.176 e. The molecule has 0 amide bonds. The summed E-state index contributed by atoms with van der Waals surface area (Å²) < 4.78 is 0. The zero-order chi connectivity index (χ0) is 10.7. The molecule has 1 aromatic heterocycles. The van der Waals surface area contributed by atoms with Crippen molar-refractivity contribution in [2.75, 3.05) is 5.33 Å². The molecule has 0 saturated carbocycles. The van der Waals surface area contributed by atoms with Crippen LogP contribution in [0.2, 0.25) is 5.02 Å². The van der Waals surface area contributed by atoms with Crippen LogP contribution in [-0.4, -0.2) is 25.5 Å². The Labute approximate surface area is 100 Å². The van der Waals surface area contributed by atoms with Gasteiger partial charge in [-0.2, -0.15) is 0 Å². The van der Waals surface area contributed by atoms with Gasteiger partial charge in [0.2, 0.25) is 0 Å². The first-order chi connectivity index (χ1) is 7.29. The van der Waals surface area contributed by atoms with E-state index in [4.69, 9.17) is 11.6 Å². The van der Waals surface area contributed by atoms with Gasteiger partial charge in [0.15, 0.2) is 5.82 Å². The van der Waals surface area contributed by atoms with Crippen LogP contribution in [-0.2, 0) is 6.42 Å². The number of nitrogens with zero attached hydrogens (tertiary/aromatic N) is 4. The quantitative estimate of drug-likeness (QED) is 0.813. The van der Waals surface area contributed by atoms with Crippen LogP contribution < -0.4 is 0 Å². The fraction of sp³-hybridized carbons (Fsp3) is 0.222. The second-order valence-corrected chi connectivity index (χ2v) is 4.14. The van der Waals surface area contributed by atoms with Crippen LogP contribution in [0.15, 0.2) is 24.3 Å². The predicted molar refractivity (Wildman–Crippen MR) is 61.7 cm³/mol. The molecule has 0 radical (unpaired) electrons. The third kappa shape index (κ3) is 2.54. The first-order valence-corrected chi connectivity index (χ1v) is 5.90. The Bertz CT molecular complexity index is 457. The Morgan fingerprint density at radius 3 is 3.00 bits per heavy atom. The van der Waals surface area contributed by atoms with Crippen molar-refractivity contribution in [1.82, 2.24) is 20.2 Å². The number of alkyl halides is 1. The molecule has 0 saturated heterocycles. The fourth-order valence-electron chi connectivity index (χ4n) is 1.14. The van der Waals surface area contributed by atoms with Gasteiger partial charge in [-0.1, -0.05) is 33.6 Å². The maximum atomic E-state index is 5.87. The van der Waals surface area contributed by atoms with Gasteiger partial charge in [-0.3, -0.25) is 0 Å². The number of tetrazole rings is 1. The number of halogens is 2. The van der Waals surface area contributed by atoms with E-state index < -0.39 is 0 Å². The van der Waals surface area contributed by atoms with Gasteiger partial charge in [-0.15, -0.1) is 15.0 Å². The minimum absolute atomic E-state index is 0.659. The van der Waals surface area contributed by atoms with E-state index in [1.54, 1.807) is 12.1 Å². The third-order valence-electron chi connectivity index (χ3n) is 1.81. The van der Waals surface area contributed by atoms with Crippen molar-refractivity contribution < 1.29 is 0 Å². The average molecular weight is 288 g/mol. The van der Waals surface area contributed by atoms with Gasteiger partial charge in [0, 0.05) is 16.8 Å². The summed E-state index contributed by atoms with van der Waals surface area (Å²) in [5.74, 6) is 0.715. The summed E-state index contributed by atoms with van der Waals surface area (Å²) in [6.45, 7) is 0. The normalized spacial score (nSPS) is 10.5. The number of aromatic nitrogens is 4. The molecule has 0 aliphatic heterocycles. The molecule has 6 heteroatoms. The van der Waals surface area contributed by atoms with Crippen LogP contribution in [0.1, 0.15) is 5.82 Å². The number of aryl methyl sites for hydroxylation is 1. The first-order valence-electron chi connectivity index (χ1n) is 4.40. The van der Waals surface area contributed by atoms with Crippen LogP contribution in [0, 0.1) is 0 Å². The molecule has 0 aliphatic rings. The van der Waals surface area contributed by atoms with Gasteiger partial charge in [0.25, 0.3) is 0 Å². The van der Waals surface area contributed by atoms with Crippen LogP contribution in [0.25, 0.3) is 5.69 Å². The van der Waals surface area contributed by atoms with Crippen LogP contribution in [0.5, 0.6) is 0 Å². The van der Waals surface area contributed by atoms with Crippen LogP contribution in [0.3, 0.4) is 0 Å². The molecule has 1 aromatic carbocycles. The summed E-state index contributed by atoms with van der Waals surface area (Å²) in [6.07, 6.45) is 0.764. The zero-order valence-corrected chi connectivity index (χ0v) is 10.1. The van der Waals surface area contributed by atoms with E-state index in [0.29, 0.717) is 10.8 Å². The second-order valence-electron chi connectivity index (χ2n) is 2.91. The van der Waals surface area contributed by atoms with Crippen molar-refractivity contribution >= 4 is 27.5 Å². The molecule has 2 rings (SSSR count). The van der Waals surface area contributed by atoms with Crippen LogP contribution >= 0.6 is 27.5 Å². The first kappa shape index (κ1) is 10.6. The van der Waals surface area contributed by atoms with Gasteiger partial charge >= 0.3 is 0 Å². The highest BCUT2D eigenvalue weighted by Gasteiger charge is 2.03. The minimum Gasteiger partial charge on any atom is -0.131 e. The highest BCUT2D eigenvalue weighted by Crippen LogP contribution is 2.12. The highest BCUT2D eigenvalue weighted by atomic mass is 79.9. The molecule has 0 N–H and O–H groups in total. The van der Waals surface area contributed by atoms with Gasteiger partial charge < -0.3 is 0 Å². The van der Waals surface area contributed by atoms with Crippen molar-refractivity contribution in [3.63, 3.8) is 0 Å². The van der Waals surface area contributed by atoms with Crippen LogP contribution in [0.4, 0.5) is 0 Å². The molecule has 0 aliphatic carbocycles. The summed E-state index contributed by atoms with van der Waals surface area (Å²) in [7, 11) is 0. The SMILES string of the molecule is Clc1cccc(-n2nnc(CCBr)n2)c1. The Morgan fingerprint density at radius 1 is 1.40 bits per heavy atom. The highest BCUT2D eigenvalue weighted by molar-refractivity contribution is 9.09. The molecule has 0 atom stereocenters. The van der Waals surface area contributed by atoms with Crippen molar-refractivity contribution in [2.24, 2.45) is 0 Å². The fourth-order valence-corrected chi connectivity index (χ4v) is 1.68. The van der Waals surface area contributed by atoms with E-state index in [0.717, 1.165) is 17.4 Å². The molecule has 15 heavy (non-hydrogen) atoms. The number of hydrogen-bond acceptors (Lipinski definition) is 3. The lowest BCUT2D eigenvalue weighted by molar-refractivity contribution is 0.718. The smallest absolute Gasteiger partial charge is 0.131 e. The Hall–Kier alpha value is -0.940. The molecule has 78 valence electrons. The lowest BCUT2D eigenvalue weighted by Gasteiger charge is -1.97. The Balaban J connectivity index is 2.29. The maximum absolute atomic E-state index is 5.87. The summed E-state index contributed by atoms with van der Waals surface area (Å²) >= 11 is 9.19. The zero-order valence-electron chi connectivity index (χ0n) is 7.77. The molecule has 0 spiro atoms. The van der Waals surface area contributed by atoms with E-state index in [2.05, 4.69) is 31.3 Å². The summed E-state index contributed by atoms with van der Waals surface area (Å²) in [4.78, 5) is 1.48. The monoisotopic (exact) mass is 286 g/mol. The second kappa shape index (κ2) is 4.72. The van der Waals surface area contributed by atoms with Gasteiger partial charge in [0.1, 0.15) is 0 Å². The average Bonchev–Trinajstić information content (AvgIpc) is 2.67. The van der Waals surface area contributed by atoms with E-state index >= 15 is 0 Å². The van der Waals surface area contributed by atoms with Gasteiger partial charge in [-0.05, 0) is 23.4 Å². The molecule has 4 nitrogen and oxygen atoms in total. The van der Waals surface area contributed by atoms with Crippen molar-refractivity contribution in [3.8, 4) is 5.69 Å². The summed E-state index contributed by atoms with van der Waals surface area (Å²) in [5.41, 5.74) is 0.816. The number of hydrogen-bond donors (Lipinski definition) is 0. The van der Waals surface area contributed by atoms with E-state index in [9.17, 15) is 0 Å². The minimum atomic E-state index is 0.659. The molecule has 2 aromatic rings.